The fourth-order valence-electron chi connectivity index (χ4n) is 2.97. The van der Waals surface area contributed by atoms with Gasteiger partial charge < -0.3 is 9.47 Å². The minimum Gasteiger partial charge on any atom is -0.444 e. The van der Waals surface area contributed by atoms with E-state index in [2.05, 4.69) is 4.99 Å². The maximum atomic E-state index is 13.0. The zero-order valence-electron chi connectivity index (χ0n) is 18.9. The molecule has 0 aliphatic rings. The fraction of sp³-hybridized carbons (Fsp3) is 0.200. The van der Waals surface area contributed by atoms with Gasteiger partial charge in [-0.15, -0.1) is 0 Å². The molecule has 1 aromatic heterocycles. The van der Waals surface area contributed by atoms with Gasteiger partial charge in [-0.1, -0.05) is 66.7 Å². The Morgan fingerprint density at radius 1 is 0.824 bits per heavy atom. The molecule has 3 rings (SSSR count). The molecule has 176 valence electrons. The molecular weight excluding hydrogens is 438 g/mol. The van der Waals surface area contributed by atoms with Crippen LogP contribution in [0, 0.1) is 0 Å². The Bertz CT molecular complexity index is 1190. The lowest BCUT2D eigenvalue weighted by Gasteiger charge is -2.16. The molecule has 0 saturated carbocycles. The van der Waals surface area contributed by atoms with E-state index in [0.29, 0.717) is 0 Å². The molecule has 0 atom stereocenters. The third-order valence-corrected chi connectivity index (χ3v) is 4.81. The number of nitrogens with zero attached hydrogens (tertiary/aromatic N) is 3. The maximum Gasteiger partial charge on any atom is 0.435 e. The van der Waals surface area contributed by atoms with Crippen molar-refractivity contribution >= 4 is 18.1 Å². The Morgan fingerprint density at radius 2 is 1.41 bits per heavy atom. The molecule has 3 aromatic rings. The third-order valence-electron chi connectivity index (χ3n) is 4.81. The van der Waals surface area contributed by atoms with Crippen molar-refractivity contribution < 1.29 is 28.7 Å². The van der Waals surface area contributed by atoms with Crippen molar-refractivity contribution in [2.24, 2.45) is 4.99 Å². The van der Waals surface area contributed by atoms with Gasteiger partial charge in [0.25, 0.3) is 5.91 Å². The third kappa shape index (κ3) is 6.88. The van der Waals surface area contributed by atoms with Crippen LogP contribution in [0.25, 0.3) is 0 Å². The number of hydrogen-bond acceptors (Lipinski definition) is 6. The Hall–Kier alpha value is -4.24. The lowest BCUT2D eigenvalue weighted by Crippen LogP contribution is -2.35. The van der Waals surface area contributed by atoms with Crippen LogP contribution >= 0.6 is 0 Å². The van der Waals surface area contributed by atoms with Crippen LogP contribution in [0.2, 0.25) is 0 Å². The quantitative estimate of drug-likeness (QED) is 0.498. The van der Waals surface area contributed by atoms with Crippen LogP contribution in [0.5, 0.6) is 0 Å². The molecule has 9 nitrogen and oxygen atoms in total. The summed E-state index contributed by atoms with van der Waals surface area (Å²) in [5, 5.41) is 1.04. The predicted octanol–water partition coefficient (Wildman–Crippen LogP) is 3.47. The normalized spacial score (nSPS) is 11.1. The van der Waals surface area contributed by atoms with E-state index < -0.39 is 18.1 Å². The van der Waals surface area contributed by atoms with E-state index >= 15 is 0 Å². The van der Waals surface area contributed by atoms with Crippen LogP contribution in [0.3, 0.4) is 0 Å². The van der Waals surface area contributed by atoms with Gasteiger partial charge in [-0.25, -0.2) is 19.2 Å². The topological polar surface area (TPSA) is 99.4 Å². The summed E-state index contributed by atoms with van der Waals surface area (Å²) in [6, 6.07) is 22.9. The number of ether oxygens (including phenoxy) is 2. The number of pyridine rings is 1. The van der Waals surface area contributed by atoms with Crippen LogP contribution < -0.4 is 5.49 Å². The van der Waals surface area contributed by atoms with E-state index in [1.54, 1.807) is 12.1 Å². The van der Waals surface area contributed by atoms with Crippen molar-refractivity contribution in [2.75, 3.05) is 14.2 Å². The number of hydroxylamine groups is 2. The summed E-state index contributed by atoms with van der Waals surface area (Å²) in [5.41, 5.74) is 1.82. The van der Waals surface area contributed by atoms with Gasteiger partial charge in [0.15, 0.2) is 0 Å². The lowest BCUT2D eigenvalue weighted by molar-refractivity contribution is -0.167. The average molecular weight is 463 g/mol. The second-order valence-electron chi connectivity index (χ2n) is 7.15. The Kier molecular flexibility index (Phi) is 8.70. The number of carbonyl (C=O) groups is 3. The van der Waals surface area contributed by atoms with Gasteiger partial charge >= 0.3 is 12.2 Å². The highest BCUT2D eigenvalue weighted by molar-refractivity contribution is 5.79. The number of aromatic nitrogens is 1. The standard InChI is InChI=1S/C25H25N3O6/c1-27(32-2)23(29)16-21-14-9-15-22(26-24(30)33-17-19-10-5-3-6-11-19)28(21)25(31)34-18-20-12-7-4-8-13-20/h3-15H,16-18H2,1-2H3. The molecule has 2 amide bonds. The van der Waals surface area contributed by atoms with E-state index in [1.807, 2.05) is 60.7 Å². The van der Waals surface area contributed by atoms with E-state index in [1.165, 1.54) is 20.2 Å². The van der Waals surface area contributed by atoms with Crippen LogP contribution in [0.15, 0.2) is 83.9 Å². The van der Waals surface area contributed by atoms with Crippen molar-refractivity contribution in [2.45, 2.75) is 19.6 Å². The first-order valence-corrected chi connectivity index (χ1v) is 10.5. The van der Waals surface area contributed by atoms with Crippen LogP contribution in [-0.4, -0.2) is 41.9 Å². The number of amides is 2. The van der Waals surface area contributed by atoms with Gasteiger partial charge in [-0.3, -0.25) is 9.63 Å². The maximum absolute atomic E-state index is 13.0. The largest absolute Gasteiger partial charge is 0.444 e. The molecule has 0 unspecified atom stereocenters. The molecule has 0 bridgehead atoms. The smallest absolute Gasteiger partial charge is 0.435 e. The van der Waals surface area contributed by atoms with E-state index in [0.717, 1.165) is 20.8 Å². The number of rotatable bonds is 7. The highest BCUT2D eigenvalue weighted by Crippen LogP contribution is 2.06. The molecule has 0 aliphatic carbocycles. The average Bonchev–Trinajstić information content (AvgIpc) is 2.87. The van der Waals surface area contributed by atoms with Gasteiger partial charge in [0.1, 0.15) is 18.7 Å². The summed E-state index contributed by atoms with van der Waals surface area (Å²) >= 11 is 0. The van der Waals surface area contributed by atoms with Crippen LogP contribution in [0.1, 0.15) is 16.8 Å². The van der Waals surface area contributed by atoms with Crippen molar-refractivity contribution in [3.8, 4) is 0 Å². The monoisotopic (exact) mass is 463 g/mol. The summed E-state index contributed by atoms with van der Waals surface area (Å²) in [5.74, 6) is -0.407. The number of likely N-dealkylation sites (N-methyl/N-ethyl adjacent to an activating group) is 1. The Balaban J connectivity index is 1.88. The van der Waals surface area contributed by atoms with Crippen molar-refractivity contribution in [1.82, 2.24) is 9.63 Å². The Labute approximate surface area is 196 Å². The fourth-order valence-corrected chi connectivity index (χ4v) is 2.97. The minimum atomic E-state index is -0.883. The van der Waals surface area contributed by atoms with Crippen molar-refractivity contribution in [1.29, 1.82) is 0 Å². The first kappa shape index (κ1) is 24.4. The van der Waals surface area contributed by atoms with Gasteiger partial charge in [0, 0.05) is 12.7 Å². The second kappa shape index (κ2) is 12.1. The molecule has 2 aromatic carbocycles. The van der Waals surface area contributed by atoms with Gasteiger partial charge in [-0.2, -0.15) is 4.99 Å². The molecular formula is C25H25N3O6. The summed E-state index contributed by atoms with van der Waals surface area (Å²) in [7, 11) is 2.81. The van der Waals surface area contributed by atoms with Crippen molar-refractivity contribution in [3.05, 3.63) is 101 Å². The molecule has 1 heterocycles. The zero-order valence-corrected chi connectivity index (χ0v) is 18.9. The highest BCUT2D eigenvalue weighted by Gasteiger charge is 2.18. The SMILES string of the molecule is CON(C)C(=O)Cc1cccc(=NC(=O)OCc2ccccc2)n1C(=O)OCc1ccccc1. The highest BCUT2D eigenvalue weighted by atomic mass is 16.7. The molecule has 0 N–H and O–H groups in total. The molecule has 0 fully saturated rings. The summed E-state index contributed by atoms with van der Waals surface area (Å²) in [6.07, 6.45) is -1.86. The molecule has 0 spiro atoms. The number of hydrogen-bond donors (Lipinski definition) is 0. The molecule has 34 heavy (non-hydrogen) atoms. The minimum absolute atomic E-state index is 0.00478. The zero-order chi connectivity index (χ0) is 24.3. The van der Waals surface area contributed by atoms with E-state index in [4.69, 9.17) is 14.3 Å². The summed E-state index contributed by atoms with van der Waals surface area (Å²) in [4.78, 5) is 46.6. The first-order valence-electron chi connectivity index (χ1n) is 10.5. The van der Waals surface area contributed by atoms with Gasteiger partial charge in [-0.05, 0) is 23.3 Å². The van der Waals surface area contributed by atoms with Crippen LogP contribution in [-0.2, 0) is 38.7 Å². The summed E-state index contributed by atoms with van der Waals surface area (Å²) in [6.45, 7) is 0.0310. The van der Waals surface area contributed by atoms with E-state index in [9.17, 15) is 14.4 Å². The molecule has 0 radical (unpaired) electrons. The summed E-state index contributed by atoms with van der Waals surface area (Å²) < 4.78 is 11.7. The van der Waals surface area contributed by atoms with E-state index in [-0.39, 0.29) is 30.8 Å². The molecule has 9 heteroatoms. The van der Waals surface area contributed by atoms with Crippen LogP contribution in [0.4, 0.5) is 9.59 Å². The van der Waals surface area contributed by atoms with Gasteiger partial charge in [0.05, 0.1) is 13.5 Å². The molecule has 0 saturated heterocycles. The number of carbonyl (C=O) groups excluding carboxylic acids is 3. The number of benzene rings is 2. The van der Waals surface area contributed by atoms with Gasteiger partial charge in [0.2, 0.25) is 0 Å². The predicted molar refractivity (Wildman–Crippen MR) is 122 cm³/mol. The first-order chi connectivity index (χ1) is 16.5. The van der Waals surface area contributed by atoms with Crippen molar-refractivity contribution in [3.63, 3.8) is 0 Å². The second-order valence-corrected chi connectivity index (χ2v) is 7.15. The molecule has 0 aliphatic heterocycles. The lowest BCUT2D eigenvalue weighted by atomic mass is 10.2. The Morgan fingerprint density at radius 3 is 2.00 bits per heavy atom.